The molecule has 0 unspecified atom stereocenters. The first-order valence-electron chi connectivity index (χ1n) is 10.3. The molecule has 2 aromatic carbocycles. The van der Waals surface area contributed by atoms with Crippen molar-refractivity contribution in [2.45, 2.75) is 19.4 Å². The molecule has 0 amide bonds. The first-order valence-corrected chi connectivity index (χ1v) is 11.0. The molecule has 1 aromatic heterocycles. The molecule has 3 aromatic rings. The zero-order chi connectivity index (χ0) is 21.5. The van der Waals surface area contributed by atoms with Crippen LogP contribution in [0.1, 0.15) is 16.7 Å². The SMILES string of the molecule is COc1cc2c(cc1Nc1ncc(Cl)c(N3CCc4cc(Cl)ccc43)n1)CN(C)CC2. The van der Waals surface area contributed by atoms with Crippen molar-refractivity contribution in [2.24, 2.45) is 0 Å². The van der Waals surface area contributed by atoms with Crippen LogP contribution in [0.15, 0.2) is 36.5 Å². The maximum absolute atomic E-state index is 6.50. The largest absolute Gasteiger partial charge is 0.495 e. The summed E-state index contributed by atoms with van der Waals surface area (Å²) in [6.45, 7) is 2.75. The van der Waals surface area contributed by atoms with Crippen LogP contribution in [0.25, 0.3) is 0 Å². The number of nitrogens with one attached hydrogen (secondary N) is 1. The Morgan fingerprint density at radius 1 is 1.03 bits per heavy atom. The molecule has 5 rings (SSSR count). The van der Waals surface area contributed by atoms with Crippen molar-refractivity contribution in [3.63, 3.8) is 0 Å². The molecule has 3 heterocycles. The smallest absolute Gasteiger partial charge is 0.229 e. The summed E-state index contributed by atoms with van der Waals surface area (Å²) in [6, 6.07) is 10.2. The van der Waals surface area contributed by atoms with Crippen molar-refractivity contribution in [1.82, 2.24) is 14.9 Å². The summed E-state index contributed by atoms with van der Waals surface area (Å²) in [7, 11) is 3.82. The Morgan fingerprint density at radius 3 is 2.71 bits per heavy atom. The number of hydrogen-bond donors (Lipinski definition) is 1. The quantitative estimate of drug-likeness (QED) is 0.581. The van der Waals surface area contributed by atoms with Crippen molar-refractivity contribution in [3.8, 4) is 5.75 Å². The van der Waals surface area contributed by atoms with Crippen molar-refractivity contribution in [3.05, 3.63) is 63.3 Å². The summed E-state index contributed by atoms with van der Waals surface area (Å²) < 4.78 is 5.64. The average Bonchev–Trinajstić information content (AvgIpc) is 3.17. The Bertz CT molecular complexity index is 1150. The lowest BCUT2D eigenvalue weighted by molar-refractivity contribution is 0.312. The molecule has 1 N–H and O–H groups in total. The first-order chi connectivity index (χ1) is 15.0. The van der Waals surface area contributed by atoms with Gasteiger partial charge in [0.15, 0.2) is 5.82 Å². The van der Waals surface area contributed by atoms with E-state index in [-0.39, 0.29) is 0 Å². The van der Waals surface area contributed by atoms with E-state index in [2.05, 4.69) is 39.3 Å². The molecule has 2 aliphatic heterocycles. The van der Waals surface area contributed by atoms with Crippen LogP contribution in [-0.2, 0) is 19.4 Å². The maximum atomic E-state index is 6.50. The topological polar surface area (TPSA) is 53.5 Å². The lowest BCUT2D eigenvalue weighted by Gasteiger charge is -2.26. The van der Waals surface area contributed by atoms with E-state index in [0.29, 0.717) is 16.8 Å². The molecule has 0 radical (unpaired) electrons. The highest BCUT2D eigenvalue weighted by Gasteiger charge is 2.24. The summed E-state index contributed by atoms with van der Waals surface area (Å²) >= 11 is 12.7. The monoisotopic (exact) mass is 455 g/mol. The summed E-state index contributed by atoms with van der Waals surface area (Å²) in [5.74, 6) is 1.94. The van der Waals surface area contributed by atoms with E-state index in [1.54, 1.807) is 13.3 Å². The van der Waals surface area contributed by atoms with Gasteiger partial charge in [-0.05, 0) is 66.9 Å². The molecule has 31 heavy (non-hydrogen) atoms. The maximum Gasteiger partial charge on any atom is 0.229 e. The highest BCUT2D eigenvalue weighted by atomic mass is 35.5. The van der Waals surface area contributed by atoms with Crippen LogP contribution in [-0.4, -0.2) is 42.1 Å². The predicted octanol–water partition coefficient (Wildman–Crippen LogP) is 5.22. The van der Waals surface area contributed by atoms with Crippen LogP contribution < -0.4 is 15.0 Å². The average molecular weight is 456 g/mol. The van der Waals surface area contributed by atoms with Crippen LogP contribution in [0.2, 0.25) is 10.0 Å². The third kappa shape index (κ3) is 3.91. The minimum atomic E-state index is 0.476. The number of anilines is 4. The summed E-state index contributed by atoms with van der Waals surface area (Å²) in [5.41, 5.74) is 5.73. The number of fused-ring (bicyclic) bond motifs is 2. The molecule has 2 aliphatic rings. The predicted molar refractivity (Wildman–Crippen MR) is 126 cm³/mol. The third-order valence-electron chi connectivity index (χ3n) is 5.89. The van der Waals surface area contributed by atoms with Gasteiger partial charge in [0.25, 0.3) is 0 Å². The highest BCUT2D eigenvalue weighted by Crippen LogP contribution is 2.39. The number of aromatic nitrogens is 2. The van der Waals surface area contributed by atoms with E-state index in [0.717, 1.165) is 54.6 Å². The molecule has 8 heteroatoms. The van der Waals surface area contributed by atoms with Gasteiger partial charge in [-0.3, -0.25) is 0 Å². The Kier molecular flexibility index (Phi) is 5.38. The zero-order valence-corrected chi connectivity index (χ0v) is 19.0. The van der Waals surface area contributed by atoms with E-state index < -0.39 is 0 Å². The first kappa shape index (κ1) is 20.4. The molecular weight excluding hydrogens is 433 g/mol. The van der Waals surface area contributed by atoms with E-state index in [1.165, 1.54) is 16.7 Å². The van der Waals surface area contributed by atoms with Crippen LogP contribution >= 0.6 is 23.2 Å². The van der Waals surface area contributed by atoms with Gasteiger partial charge in [0, 0.05) is 30.3 Å². The van der Waals surface area contributed by atoms with Crippen LogP contribution in [0.4, 0.5) is 23.1 Å². The molecule has 0 saturated carbocycles. The Morgan fingerprint density at radius 2 is 1.87 bits per heavy atom. The molecule has 0 spiro atoms. The fourth-order valence-corrected chi connectivity index (χ4v) is 4.70. The molecule has 0 saturated heterocycles. The van der Waals surface area contributed by atoms with Crippen molar-refractivity contribution in [1.29, 1.82) is 0 Å². The lowest BCUT2D eigenvalue weighted by atomic mass is 9.99. The number of rotatable bonds is 4. The fourth-order valence-electron chi connectivity index (χ4n) is 4.31. The van der Waals surface area contributed by atoms with Gasteiger partial charge < -0.3 is 19.9 Å². The Balaban J connectivity index is 1.48. The van der Waals surface area contributed by atoms with E-state index in [4.69, 9.17) is 32.9 Å². The Hall–Kier alpha value is -2.54. The molecule has 0 aliphatic carbocycles. The molecule has 160 valence electrons. The lowest BCUT2D eigenvalue weighted by Crippen LogP contribution is -2.26. The van der Waals surface area contributed by atoms with E-state index >= 15 is 0 Å². The number of halogens is 2. The number of ether oxygens (including phenoxy) is 1. The number of likely N-dealkylation sites (N-methyl/N-ethyl adjacent to an activating group) is 1. The fraction of sp³-hybridized carbons (Fsp3) is 0.304. The zero-order valence-electron chi connectivity index (χ0n) is 17.5. The van der Waals surface area contributed by atoms with Gasteiger partial charge in [0.05, 0.1) is 19.0 Å². The number of nitrogens with zero attached hydrogens (tertiary/aromatic N) is 4. The summed E-state index contributed by atoms with van der Waals surface area (Å²) in [5, 5.41) is 4.59. The van der Waals surface area contributed by atoms with Gasteiger partial charge in [0.1, 0.15) is 10.8 Å². The molecule has 0 fully saturated rings. The Labute approximate surface area is 191 Å². The highest BCUT2D eigenvalue weighted by molar-refractivity contribution is 6.33. The van der Waals surface area contributed by atoms with Gasteiger partial charge >= 0.3 is 0 Å². The van der Waals surface area contributed by atoms with E-state index in [1.807, 2.05) is 18.2 Å². The normalized spacial score (nSPS) is 15.5. The molecule has 0 bridgehead atoms. The molecule has 0 atom stereocenters. The van der Waals surface area contributed by atoms with Crippen molar-refractivity contribution < 1.29 is 4.74 Å². The van der Waals surface area contributed by atoms with Crippen LogP contribution in [0.5, 0.6) is 5.75 Å². The number of benzene rings is 2. The second-order valence-corrected chi connectivity index (χ2v) is 8.82. The second-order valence-electron chi connectivity index (χ2n) is 7.97. The number of hydrogen-bond acceptors (Lipinski definition) is 6. The van der Waals surface area contributed by atoms with Crippen LogP contribution in [0.3, 0.4) is 0 Å². The van der Waals surface area contributed by atoms with Gasteiger partial charge in [-0.15, -0.1) is 0 Å². The van der Waals surface area contributed by atoms with Gasteiger partial charge in [-0.25, -0.2) is 4.98 Å². The second kappa shape index (κ2) is 8.19. The standard InChI is InChI=1S/C23H23Cl2N5O/c1-29-7-5-14-11-21(31-2)19(10-16(14)13-29)27-23-26-12-18(25)22(28-23)30-8-6-15-9-17(24)3-4-20(15)30/h3-4,9-12H,5-8,13H2,1-2H3,(H,26,27,28). The number of methoxy groups -OCH3 is 1. The van der Waals surface area contributed by atoms with Gasteiger partial charge in [0.2, 0.25) is 5.95 Å². The minimum Gasteiger partial charge on any atom is -0.495 e. The van der Waals surface area contributed by atoms with Gasteiger partial charge in [-0.1, -0.05) is 23.2 Å². The molecular formula is C23H23Cl2N5O. The minimum absolute atomic E-state index is 0.476. The summed E-state index contributed by atoms with van der Waals surface area (Å²) in [6.07, 6.45) is 3.55. The van der Waals surface area contributed by atoms with Crippen molar-refractivity contribution in [2.75, 3.05) is 37.5 Å². The third-order valence-corrected chi connectivity index (χ3v) is 6.39. The van der Waals surface area contributed by atoms with Gasteiger partial charge in [-0.2, -0.15) is 4.98 Å². The van der Waals surface area contributed by atoms with Crippen molar-refractivity contribution >= 4 is 46.3 Å². The van der Waals surface area contributed by atoms with E-state index in [9.17, 15) is 0 Å². The van der Waals surface area contributed by atoms with Crippen LogP contribution in [0, 0.1) is 0 Å². The molecule has 6 nitrogen and oxygen atoms in total. The summed E-state index contributed by atoms with van der Waals surface area (Å²) in [4.78, 5) is 13.6.